The van der Waals surface area contributed by atoms with E-state index in [0.717, 1.165) is 24.2 Å². The van der Waals surface area contributed by atoms with Crippen molar-refractivity contribution < 1.29 is 4.79 Å². The number of H-pyrrole nitrogens is 1. The summed E-state index contributed by atoms with van der Waals surface area (Å²) < 4.78 is 0. The van der Waals surface area contributed by atoms with Crippen LogP contribution >= 0.6 is 0 Å². The van der Waals surface area contributed by atoms with Crippen LogP contribution in [0, 0.1) is 5.41 Å². The summed E-state index contributed by atoms with van der Waals surface area (Å²) in [7, 11) is 0. The molecule has 15 heavy (non-hydrogen) atoms. The van der Waals surface area contributed by atoms with E-state index >= 15 is 0 Å². The minimum atomic E-state index is -0.337. The molecule has 0 radical (unpaired) electrons. The molecule has 1 amide bonds. The normalized spacial score (nSPS) is 11.5. The standard InChI is InChI=1S/C11H19N3O/c1-5-8-7-12-14-9(8)13-10(15)11(3,4)6-2/h7H,5-6H2,1-4H3,(H2,12,13,14,15). The number of rotatable bonds is 4. The fourth-order valence-electron chi connectivity index (χ4n) is 1.13. The summed E-state index contributed by atoms with van der Waals surface area (Å²) in [4.78, 5) is 11.9. The predicted octanol–water partition coefficient (Wildman–Crippen LogP) is 2.35. The molecule has 0 bridgehead atoms. The molecule has 1 rings (SSSR count). The van der Waals surface area contributed by atoms with E-state index in [-0.39, 0.29) is 11.3 Å². The fraction of sp³-hybridized carbons (Fsp3) is 0.636. The van der Waals surface area contributed by atoms with Gasteiger partial charge < -0.3 is 5.32 Å². The average molecular weight is 209 g/mol. The molecule has 1 heterocycles. The molecule has 0 unspecified atom stereocenters. The van der Waals surface area contributed by atoms with E-state index in [9.17, 15) is 4.79 Å². The molecular formula is C11H19N3O. The first-order valence-electron chi connectivity index (χ1n) is 5.35. The molecule has 0 spiro atoms. The van der Waals surface area contributed by atoms with Crippen LogP contribution in [0.3, 0.4) is 0 Å². The number of nitrogens with zero attached hydrogens (tertiary/aromatic N) is 1. The van der Waals surface area contributed by atoms with Gasteiger partial charge in [0.25, 0.3) is 0 Å². The van der Waals surface area contributed by atoms with Crippen LogP contribution in [-0.4, -0.2) is 16.1 Å². The molecule has 0 aliphatic heterocycles. The van der Waals surface area contributed by atoms with Crippen molar-refractivity contribution in [3.8, 4) is 0 Å². The fourth-order valence-corrected chi connectivity index (χ4v) is 1.13. The van der Waals surface area contributed by atoms with E-state index in [0.29, 0.717) is 0 Å². The summed E-state index contributed by atoms with van der Waals surface area (Å²) in [6, 6.07) is 0. The van der Waals surface area contributed by atoms with Gasteiger partial charge in [-0.25, -0.2) is 0 Å². The van der Waals surface area contributed by atoms with E-state index in [4.69, 9.17) is 0 Å². The van der Waals surface area contributed by atoms with Crippen LogP contribution in [-0.2, 0) is 11.2 Å². The molecular weight excluding hydrogens is 190 g/mol. The number of carbonyl (C=O) groups excluding carboxylic acids is 1. The summed E-state index contributed by atoms with van der Waals surface area (Å²) in [5.74, 6) is 0.757. The van der Waals surface area contributed by atoms with Crippen molar-refractivity contribution in [1.29, 1.82) is 0 Å². The second-order valence-corrected chi connectivity index (χ2v) is 4.32. The Balaban J connectivity index is 2.74. The highest BCUT2D eigenvalue weighted by Gasteiger charge is 2.26. The summed E-state index contributed by atoms with van der Waals surface area (Å²) >= 11 is 0. The first kappa shape index (κ1) is 11.8. The van der Waals surface area contributed by atoms with Crippen LogP contribution in [0.1, 0.15) is 39.7 Å². The first-order chi connectivity index (χ1) is 7.01. The third-order valence-electron chi connectivity index (χ3n) is 2.84. The Morgan fingerprint density at radius 3 is 2.73 bits per heavy atom. The van der Waals surface area contributed by atoms with Crippen LogP contribution in [0.5, 0.6) is 0 Å². The molecule has 0 atom stereocenters. The third-order valence-corrected chi connectivity index (χ3v) is 2.84. The quantitative estimate of drug-likeness (QED) is 0.799. The van der Waals surface area contributed by atoms with Crippen molar-refractivity contribution in [3.63, 3.8) is 0 Å². The van der Waals surface area contributed by atoms with E-state index in [1.807, 2.05) is 27.7 Å². The number of carbonyl (C=O) groups is 1. The molecule has 2 N–H and O–H groups in total. The number of hydrogen-bond acceptors (Lipinski definition) is 2. The van der Waals surface area contributed by atoms with Gasteiger partial charge in [0.05, 0.1) is 6.20 Å². The van der Waals surface area contributed by atoms with Crippen molar-refractivity contribution in [1.82, 2.24) is 10.2 Å². The monoisotopic (exact) mass is 209 g/mol. The number of aryl methyl sites for hydroxylation is 1. The van der Waals surface area contributed by atoms with Gasteiger partial charge in [0.1, 0.15) is 5.82 Å². The van der Waals surface area contributed by atoms with Gasteiger partial charge in [0.15, 0.2) is 0 Å². The maximum absolute atomic E-state index is 11.9. The van der Waals surface area contributed by atoms with E-state index < -0.39 is 0 Å². The number of anilines is 1. The molecule has 1 aromatic rings. The van der Waals surface area contributed by atoms with Gasteiger partial charge >= 0.3 is 0 Å². The lowest BCUT2D eigenvalue weighted by atomic mass is 9.89. The van der Waals surface area contributed by atoms with Crippen LogP contribution in [0.4, 0.5) is 5.82 Å². The molecule has 1 aromatic heterocycles. The van der Waals surface area contributed by atoms with E-state index in [2.05, 4.69) is 15.5 Å². The molecule has 84 valence electrons. The zero-order valence-electron chi connectivity index (χ0n) is 9.85. The highest BCUT2D eigenvalue weighted by Crippen LogP contribution is 2.22. The maximum Gasteiger partial charge on any atom is 0.231 e. The van der Waals surface area contributed by atoms with Crippen LogP contribution in [0.25, 0.3) is 0 Å². The Labute approximate surface area is 90.5 Å². The highest BCUT2D eigenvalue weighted by atomic mass is 16.2. The zero-order chi connectivity index (χ0) is 11.5. The lowest BCUT2D eigenvalue weighted by Gasteiger charge is -2.21. The van der Waals surface area contributed by atoms with E-state index in [1.54, 1.807) is 6.20 Å². The largest absolute Gasteiger partial charge is 0.310 e. The average Bonchev–Trinajstić information content (AvgIpc) is 2.65. The SMILES string of the molecule is CCc1cn[nH]c1NC(=O)C(C)(C)CC. The van der Waals surface area contributed by atoms with Crippen molar-refractivity contribution in [3.05, 3.63) is 11.8 Å². The second kappa shape index (κ2) is 4.47. The maximum atomic E-state index is 11.9. The topological polar surface area (TPSA) is 57.8 Å². The Bertz CT molecular complexity index is 341. The van der Waals surface area contributed by atoms with Gasteiger partial charge in [-0.1, -0.05) is 27.7 Å². The highest BCUT2D eigenvalue weighted by molar-refractivity contribution is 5.94. The minimum absolute atomic E-state index is 0.0314. The molecule has 4 nitrogen and oxygen atoms in total. The minimum Gasteiger partial charge on any atom is -0.310 e. The van der Waals surface area contributed by atoms with E-state index in [1.165, 1.54) is 0 Å². The van der Waals surface area contributed by atoms with Gasteiger partial charge in [0, 0.05) is 11.0 Å². The van der Waals surface area contributed by atoms with Crippen LogP contribution < -0.4 is 5.32 Å². The molecule has 0 aliphatic rings. The second-order valence-electron chi connectivity index (χ2n) is 4.32. The van der Waals surface area contributed by atoms with Gasteiger partial charge in [-0.3, -0.25) is 9.89 Å². The van der Waals surface area contributed by atoms with Crippen LogP contribution in [0.2, 0.25) is 0 Å². The zero-order valence-corrected chi connectivity index (χ0v) is 9.85. The Kier molecular flexibility index (Phi) is 3.50. The summed E-state index contributed by atoms with van der Waals surface area (Å²) in [6.07, 6.45) is 3.42. The molecule has 4 heteroatoms. The molecule has 0 saturated heterocycles. The number of amides is 1. The van der Waals surface area contributed by atoms with Gasteiger partial charge in [-0.2, -0.15) is 5.10 Å². The Hall–Kier alpha value is -1.32. The summed E-state index contributed by atoms with van der Waals surface area (Å²) in [5.41, 5.74) is 0.700. The summed E-state index contributed by atoms with van der Waals surface area (Å²) in [6.45, 7) is 7.91. The predicted molar refractivity (Wildman–Crippen MR) is 60.7 cm³/mol. The lowest BCUT2D eigenvalue weighted by molar-refractivity contribution is -0.124. The lowest BCUT2D eigenvalue weighted by Crippen LogP contribution is -2.30. The molecule has 0 aliphatic carbocycles. The third kappa shape index (κ3) is 2.58. The van der Waals surface area contributed by atoms with Crippen molar-refractivity contribution in [2.24, 2.45) is 5.41 Å². The number of aromatic amines is 1. The molecule has 0 saturated carbocycles. The van der Waals surface area contributed by atoms with Gasteiger partial charge in [0.2, 0.25) is 5.91 Å². The van der Waals surface area contributed by atoms with Gasteiger partial charge in [-0.05, 0) is 12.8 Å². The number of hydrogen-bond donors (Lipinski definition) is 2. The number of nitrogens with one attached hydrogen (secondary N) is 2. The Morgan fingerprint density at radius 2 is 2.20 bits per heavy atom. The molecule has 0 aromatic carbocycles. The number of aromatic nitrogens is 2. The van der Waals surface area contributed by atoms with Crippen molar-refractivity contribution in [2.75, 3.05) is 5.32 Å². The van der Waals surface area contributed by atoms with Crippen molar-refractivity contribution in [2.45, 2.75) is 40.5 Å². The Morgan fingerprint density at radius 1 is 1.53 bits per heavy atom. The summed E-state index contributed by atoms with van der Waals surface area (Å²) in [5, 5.41) is 9.59. The first-order valence-corrected chi connectivity index (χ1v) is 5.35. The molecule has 0 fully saturated rings. The van der Waals surface area contributed by atoms with Gasteiger partial charge in [-0.15, -0.1) is 0 Å². The van der Waals surface area contributed by atoms with Crippen LogP contribution in [0.15, 0.2) is 6.20 Å². The van der Waals surface area contributed by atoms with Crippen molar-refractivity contribution >= 4 is 11.7 Å². The smallest absolute Gasteiger partial charge is 0.231 e.